The lowest BCUT2D eigenvalue weighted by Gasteiger charge is -2.11. The number of ether oxygens (including phenoxy) is 1. The average molecular weight is 280 g/mol. The highest BCUT2D eigenvalue weighted by Crippen LogP contribution is 2.23. The molecule has 2 aromatic rings. The molecular weight excluding hydrogens is 262 g/mol. The number of hydrogen-bond donors (Lipinski definition) is 1. The zero-order valence-corrected chi connectivity index (χ0v) is 12.1. The second-order valence-electron chi connectivity index (χ2n) is 4.91. The summed E-state index contributed by atoms with van der Waals surface area (Å²) in [6.07, 6.45) is 1.65. The van der Waals surface area contributed by atoms with E-state index in [2.05, 4.69) is 31.9 Å². The molecule has 0 aliphatic heterocycles. The van der Waals surface area contributed by atoms with Crippen molar-refractivity contribution in [3.05, 3.63) is 40.5 Å². The Kier molecular flexibility index (Phi) is 4.00. The van der Waals surface area contributed by atoms with Crippen molar-refractivity contribution in [3.63, 3.8) is 0 Å². The molecule has 2 N–H and O–H groups in total. The highest BCUT2D eigenvalue weighted by atomic mass is 35.5. The summed E-state index contributed by atoms with van der Waals surface area (Å²) in [7, 11) is 0. The summed E-state index contributed by atoms with van der Waals surface area (Å²) >= 11 is 5.84. The molecular formula is C14H18ClN3O. The van der Waals surface area contributed by atoms with Gasteiger partial charge in [-0.25, -0.2) is 4.68 Å². The fraction of sp³-hybridized carbons (Fsp3) is 0.357. The van der Waals surface area contributed by atoms with Crippen LogP contribution >= 0.6 is 11.6 Å². The van der Waals surface area contributed by atoms with Gasteiger partial charge in [0.05, 0.1) is 0 Å². The van der Waals surface area contributed by atoms with Crippen molar-refractivity contribution in [3.8, 4) is 5.75 Å². The molecule has 102 valence electrons. The summed E-state index contributed by atoms with van der Waals surface area (Å²) in [6, 6.07) is 6.22. The number of halogens is 1. The molecule has 0 spiro atoms. The lowest BCUT2D eigenvalue weighted by atomic mass is 10.0. The first-order chi connectivity index (χ1) is 8.95. The summed E-state index contributed by atoms with van der Waals surface area (Å²) < 4.78 is 7.30. The third-order valence-corrected chi connectivity index (χ3v) is 3.14. The van der Waals surface area contributed by atoms with Crippen LogP contribution in [0.15, 0.2) is 24.4 Å². The zero-order chi connectivity index (χ0) is 14.0. The first-order valence-electron chi connectivity index (χ1n) is 6.18. The quantitative estimate of drug-likeness (QED) is 0.930. The van der Waals surface area contributed by atoms with Crippen LogP contribution in [0.1, 0.15) is 30.9 Å². The number of aryl methyl sites for hydroxylation is 1. The fourth-order valence-electron chi connectivity index (χ4n) is 1.81. The molecule has 0 saturated heterocycles. The van der Waals surface area contributed by atoms with E-state index in [4.69, 9.17) is 22.1 Å². The summed E-state index contributed by atoms with van der Waals surface area (Å²) in [4.78, 5) is 0. The van der Waals surface area contributed by atoms with Crippen molar-refractivity contribution in [2.45, 2.75) is 33.4 Å². The Bertz CT molecular complexity index is 559. The highest BCUT2D eigenvalue weighted by Gasteiger charge is 2.05. The molecule has 1 aromatic heterocycles. The SMILES string of the molecule is Cc1cc(OCn2cc(Cl)c(N)n2)cc(C(C)C)c1. The number of nitrogen functional groups attached to an aromatic ring is 1. The third-order valence-electron chi connectivity index (χ3n) is 2.85. The lowest BCUT2D eigenvalue weighted by Crippen LogP contribution is -2.06. The van der Waals surface area contributed by atoms with Crippen molar-refractivity contribution in [2.24, 2.45) is 0 Å². The van der Waals surface area contributed by atoms with Gasteiger partial charge in [0.2, 0.25) is 0 Å². The molecule has 5 heteroatoms. The van der Waals surface area contributed by atoms with Gasteiger partial charge < -0.3 is 10.5 Å². The van der Waals surface area contributed by atoms with E-state index in [1.54, 1.807) is 10.9 Å². The molecule has 0 saturated carbocycles. The standard InChI is InChI=1S/C14H18ClN3O/c1-9(2)11-4-10(3)5-12(6-11)19-8-18-7-13(15)14(16)17-18/h4-7,9H,8H2,1-3H3,(H2,16,17). The molecule has 0 unspecified atom stereocenters. The molecule has 0 aliphatic rings. The first-order valence-corrected chi connectivity index (χ1v) is 6.56. The number of nitrogens with two attached hydrogens (primary N) is 1. The van der Waals surface area contributed by atoms with Gasteiger partial charge in [0.1, 0.15) is 10.8 Å². The van der Waals surface area contributed by atoms with Gasteiger partial charge in [-0.1, -0.05) is 31.5 Å². The molecule has 2 rings (SSSR count). The average Bonchev–Trinajstić information content (AvgIpc) is 2.65. The zero-order valence-electron chi connectivity index (χ0n) is 11.4. The Morgan fingerprint density at radius 1 is 1.37 bits per heavy atom. The highest BCUT2D eigenvalue weighted by molar-refractivity contribution is 6.32. The van der Waals surface area contributed by atoms with Crippen LogP contribution < -0.4 is 10.5 Å². The Morgan fingerprint density at radius 2 is 2.11 bits per heavy atom. The molecule has 0 bridgehead atoms. The number of benzene rings is 1. The van der Waals surface area contributed by atoms with E-state index in [0.29, 0.717) is 16.8 Å². The molecule has 4 nitrogen and oxygen atoms in total. The van der Waals surface area contributed by atoms with Gasteiger partial charge in [0.25, 0.3) is 0 Å². The first kappa shape index (κ1) is 13.7. The predicted octanol–water partition coefficient (Wildman–Crippen LogP) is 3.59. The van der Waals surface area contributed by atoms with Gasteiger partial charge in [0.15, 0.2) is 12.5 Å². The molecule has 0 atom stereocenters. The lowest BCUT2D eigenvalue weighted by molar-refractivity contribution is 0.221. The van der Waals surface area contributed by atoms with Crippen LogP contribution in [-0.4, -0.2) is 9.78 Å². The Balaban J connectivity index is 2.11. The predicted molar refractivity (Wildman–Crippen MR) is 77.5 cm³/mol. The summed E-state index contributed by atoms with van der Waals surface area (Å²) in [5.74, 6) is 1.61. The fourth-order valence-corrected chi connectivity index (χ4v) is 1.96. The largest absolute Gasteiger partial charge is 0.471 e. The smallest absolute Gasteiger partial charge is 0.181 e. The number of nitrogens with zero attached hydrogens (tertiary/aromatic N) is 2. The van der Waals surface area contributed by atoms with E-state index in [0.717, 1.165) is 5.75 Å². The van der Waals surface area contributed by atoms with Crippen LogP contribution in [0.5, 0.6) is 5.75 Å². The number of rotatable bonds is 4. The van der Waals surface area contributed by atoms with Crippen LogP contribution in [-0.2, 0) is 6.73 Å². The number of hydrogen-bond acceptors (Lipinski definition) is 3. The third kappa shape index (κ3) is 3.41. The van der Waals surface area contributed by atoms with Crippen LogP contribution in [0.3, 0.4) is 0 Å². The van der Waals surface area contributed by atoms with Crippen molar-refractivity contribution in [1.29, 1.82) is 0 Å². The molecule has 0 fully saturated rings. The molecule has 0 amide bonds. The second-order valence-corrected chi connectivity index (χ2v) is 5.32. The monoisotopic (exact) mass is 279 g/mol. The van der Waals surface area contributed by atoms with Crippen LogP contribution in [0.25, 0.3) is 0 Å². The van der Waals surface area contributed by atoms with Crippen molar-refractivity contribution < 1.29 is 4.74 Å². The number of anilines is 1. The Hall–Kier alpha value is -1.68. The maximum absolute atomic E-state index is 5.84. The maximum atomic E-state index is 5.84. The van der Waals surface area contributed by atoms with Crippen molar-refractivity contribution >= 4 is 17.4 Å². The van der Waals surface area contributed by atoms with Crippen LogP contribution in [0.4, 0.5) is 5.82 Å². The number of aromatic nitrogens is 2. The minimum atomic E-state index is 0.290. The summed E-state index contributed by atoms with van der Waals surface area (Å²) in [5.41, 5.74) is 8.02. The summed E-state index contributed by atoms with van der Waals surface area (Å²) in [5, 5.41) is 4.48. The summed E-state index contributed by atoms with van der Waals surface area (Å²) in [6.45, 7) is 6.67. The van der Waals surface area contributed by atoms with Crippen molar-refractivity contribution in [1.82, 2.24) is 9.78 Å². The maximum Gasteiger partial charge on any atom is 0.181 e. The van der Waals surface area contributed by atoms with Gasteiger partial charge in [-0.05, 0) is 36.1 Å². The van der Waals surface area contributed by atoms with E-state index in [1.165, 1.54) is 11.1 Å². The van der Waals surface area contributed by atoms with E-state index >= 15 is 0 Å². The normalized spacial score (nSPS) is 11.0. The Labute approximate surface area is 118 Å². The van der Waals surface area contributed by atoms with Gasteiger partial charge in [0, 0.05) is 6.20 Å². The van der Waals surface area contributed by atoms with Gasteiger partial charge in [-0.15, -0.1) is 0 Å². The Morgan fingerprint density at radius 3 is 2.68 bits per heavy atom. The van der Waals surface area contributed by atoms with E-state index < -0.39 is 0 Å². The topological polar surface area (TPSA) is 53.1 Å². The molecule has 19 heavy (non-hydrogen) atoms. The van der Waals surface area contributed by atoms with E-state index in [1.807, 2.05) is 12.1 Å². The molecule has 0 radical (unpaired) electrons. The van der Waals surface area contributed by atoms with Gasteiger partial charge >= 0.3 is 0 Å². The minimum Gasteiger partial charge on any atom is -0.471 e. The second kappa shape index (κ2) is 5.53. The molecule has 1 heterocycles. The van der Waals surface area contributed by atoms with Crippen LogP contribution in [0, 0.1) is 6.92 Å². The van der Waals surface area contributed by atoms with E-state index in [9.17, 15) is 0 Å². The van der Waals surface area contributed by atoms with Crippen molar-refractivity contribution in [2.75, 3.05) is 5.73 Å². The molecule has 0 aliphatic carbocycles. The van der Waals surface area contributed by atoms with Crippen LogP contribution in [0.2, 0.25) is 5.02 Å². The molecule has 1 aromatic carbocycles. The van der Waals surface area contributed by atoms with Gasteiger partial charge in [-0.3, -0.25) is 0 Å². The van der Waals surface area contributed by atoms with E-state index in [-0.39, 0.29) is 6.73 Å². The minimum absolute atomic E-state index is 0.290. The van der Waals surface area contributed by atoms with Gasteiger partial charge in [-0.2, -0.15) is 5.10 Å².